The maximum absolute atomic E-state index is 9.60. The molecule has 0 aromatic carbocycles. The normalized spacial score (nSPS) is 13.0. The van der Waals surface area contributed by atoms with Gasteiger partial charge >= 0.3 is 5.97 Å². The van der Waals surface area contributed by atoms with Crippen molar-refractivity contribution in [3.8, 4) is 0 Å². The number of carbonyl (C=O) groups is 1. The molecule has 0 aromatic rings. The van der Waals surface area contributed by atoms with Crippen molar-refractivity contribution in [2.45, 2.75) is 109 Å². The molecule has 3 nitrogen and oxygen atoms in total. The zero-order chi connectivity index (χ0) is 20.4. The standard InChI is InChI=1S/C18H38ClN.C4H6O2/c1-5-7-8-9-10-11-12-13-14-15-16-17-18(19,6-2)20(3)4;1-3(2)4(5)6/h5-17H2,1-4H3;1H2,2H3,(H,5,6). The molecular weight excluding hydrogens is 346 g/mol. The second kappa shape index (κ2) is 17.9. The third-order valence-electron chi connectivity index (χ3n) is 4.87. The van der Waals surface area contributed by atoms with Crippen LogP contribution in [0.15, 0.2) is 12.2 Å². The van der Waals surface area contributed by atoms with E-state index >= 15 is 0 Å². The molecule has 0 amide bonds. The van der Waals surface area contributed by atoms with Gasteiger partial charge in [0.1, 0.15) is 0 Å². The van der Waals surface area contributed by atoms with Crippen LogP contribution >= 0.6 is 11.6 Å². The molecule has 26 heavy (non-hydrogen) atoms. The van der Waals surface area contributed by atoms with Crippen LogP contribution in [-0.4, -0.2) is 35.1 Å². The number of carboxylic acids is 1. The summed E-state index contributed by atoms with van der Waals surface area (Å²) in [5, 5.41) is 7.89. The van der Waals surface area contributed by atoms with Crippen LogP contribution in [0.1, 0.15) is 104 Å². The van der Waals surface area contributed by atoms with Gasteiger partial charge in [0, 0.05) is 5.57 Å². The number of unbranched alkanes of at least 4 members (excludes halogenated alkanes) is 10. The summed E-state index contributed by atoms with van der Waals surface area (Å²) in [5.41, 5.74) is 0.176. The van der Waals surface area contributed by atoms with Crippen molar-refractivity contribution in [1.29, 1.82) is 0 Å². The van der Waals surface area contributed by atoms with Crippen LogP contribution in [0, 0.1) is 0 Å². The largest absolute Gasteiger partial charge is 0.478 e. The fourth-order valence-corrected chi connectivity index (χ4v) is 2.91. The molecule has 0 spiro atoms. The predicted octanol–water partition coefficient (Wildman–Crippen LogP) is 7.24. The molecule has 0 rings (SSSR count). The zero-order valence-corrected chi connectivity index (χ0v) is 18.8. The maximum atomic E-state index is 9.60. The lowest BCUT2D eigenvalue weighted by molar-refractivity contribution is -0.132. The van der Waals surface area contributed by atoms with Gasteiger partial charge < -0.3 is 5.11 Å². The van der Waals surface area contributed by atoms with E-state index in [0.29, 0.717) is 0 Å². The monoisotopic (exact) mass is 389 g/mol. The molecule has 0 saturated carbocycles. The van der Waals surface area contributed by atoms with Crippen LogP contribution < -0.4 is 0 Å². The van der Waals surface area contributed by atoms with E-state index in [0.717, 1.165) is 12.8 Å². The Bertz CT molecular complexity index is 346. The molecule has 0 heterocycles. The number of rotatable bonds is 15. The Balaban J connectivity index is 0. The molecule has 0 radical (unpaired) electrons. The topological polar surface area (TPSA) is 40.5 Å². The molecule has 0 aliphatic rings. The summed E-state index contributed by atoms with van der Waals surface area (Å²) in [5.74, 6) is -0.935. The predicted molar refractivity (Wildman–Crippen MR) is 116 cm³/mol. The Morgan fingerprint density at radius 2 is 1.27 bits per heavy atom. The Kier molecular flexibility index (Phi) is 19.0. The molecule has 0 bridgehead atoms. The summed E-state index contributed by atoms with van der Waals surface area (Å²) >= 11 is 6.61. The summed E-state index contributed by atoms with van der Waals surface area (Å²) in [7, 11) is 4.18. The SMILES string of the molecule is C=C(C)C(=O)O.CCCCCCCCCCCCCC(Cl)(CC)N(C)C. The van der Waals surface area contributed by atoms with E-state index in [1.807, 2.05) is 0 Å². The van der Waals surface area contributed by atoms with Crippen LogP contribution in [0.25, 0.3) is 0 Å². The van der Waals surface area contributed by atoms with Gasteiger partial charge in [0.05, 0.1) is 5.00 Å². The van der Waals surface area contributed by atoms with Crippen molar-refractivity contribution >= 4 is 17.6 Å². The van der Waals surface area contributed by atoms with Crippen molar-refractivity contribution in [3.63, 3.8) is 0 Å². The smallest absolute Gasteiger partial charge is 0.330 e. The lowest BCUT2D eigenvalue weighted by Crippen LogP contribution is -2.37. The van der Waals surface area contributed by atoms with E-state index < -0.39 is 5.97 Å². The molecule has 0 aliphatic heterocycles. The quantitative estimate of drug-likeness (QED) is 0.139. The van der Waals surface area contributed by atoms with Crippen molar-refractivity contribution in [3.05, 3.63) is 12.2 Å². The summed E-state index contributed by atoms with van der Waals surface area (Å²) in [4.78, 5) is 11.7. The highest BCUT2D eigenvalue weighted by Crippen LogP contribution is 2.29. The number of hydrogen-bond acceptors (Lipinski definition) is 2. The van der Waals surface area contributed by atoms with Gasteiger partial charge in [0.15, 0.2) is 0 Å². The average Bonchev–Trinajstić information content (AvgIpc) is 2.59. The average molecular weight is 390 g/mol. The molecule has 1 atom stereocenters. The highest BCUT2D eigenvalue weighted by molar-refractivity contribution is 6.23. The molecule has 0 aromatic heterocycles. The zero-order valence-electron chi connectivity index (χ0n) is 18.1. The minimum atomic E-state index is -0.935. The van der Waals surface area contributed by atoms with Crippen LogP contribution in [0.5, 0.6) is 0 Å². The summed E-state index contributed by atoms with van der Waals surface area (Å²) in [6.07, 6.45) is 17.5. The van der Waals surface area contributed by atoms with Gasteiger partial charge in [-0.1, -0.05) is 91.1 Å². The minimum absolute atomic E-state index is 0.112. The Labute approximate surface area is 168 Å². The summed E-state index contributed by atoms with van der Waals surface area (Å²) in [6.45, 7) is 9.07. The third-order valence-corrected chi connectivity index (χ3v) is 5.67. The molecule has 0 fully saturated rings. The number of hydrogen-bond donors (Lipinski definition) is 1. The van der Waals surface area contributed by atoms with E-state index in [1.165, 1.54) is 77.6 Å². The van der Waals surface area contributed by atoms with E-state index in [2.05, 4.69) is 39.4 Å². The van der Waals surface area contributed by atoms with E-state index in [9.17, 15) is 4.79 Å². The van der Waals surface area contributed by atoms with Gasteiger partial charge in [0.25, 0.3) is 0 Å². The van der Waals surface area contributed by atoms with Crippen molar-refractivity contribution in [2.24, 2.45) is 0 Å². The molecular formula is C22H44ClNO2. The fraction of sp³-hybridized carbons (Fsp3) is 0.864. The van der Waals surface area contributed by atoms with Gasteiger partial charge in [-0.25, -0.2) is 4.79 Å². The second-order valence-electron chi connectivity index (χ2n) is 7.54. The van der Waals surface area contributed by atoms with Gasteiger partial charge in [-0.05, 0) is 33.9 Å². The van der Waals surface area contributed by atoms with Gasteiger partial charge in [-0.15, -0.1) is 11.6 Å². The van der Waals surface area contributed by atoms with Gasteiger partial charge in [0.2, 0.25) is 0 Å². The minimum Gasteiger partial charge on any atom is -0.478 e. The first-order chi connectivity index (χ1) is 12.2. The lowest BCUT2D eigenvalue weighted by atomic mass is 10.0. The third kappa shape index (κ3) is 16.9. The van der Waals surface area contributed by atoms with E-state index in [4.69, 9.17) is 16.7 Å². The Morgan fingerprint density at radius 1 is 0.923 bits per heavy atom. The molecule has 0 saturated heterocycles. The molecule has 4 heteroatoms. The van der Waals surface area contributed by atoms with Crippen LogP contribution in [0.2, 0.25) is 0 Å². The number of alkyl halides is 1. The van der Waals surface area contributed by atoms with Crippen LogP contribution in [0.4, 0.5) is 0 Å². The molecule has 0 aliphatic carbocycles. The van der Waals surface area contributed by atoms with Crippen molar-refractivity contribution < 1.29 is 9.90 Å². The molecule has 1 N–H and O–H groups in total. The van der Waals surface area contributed by atoms with Crippen LogP contribution in [0.3, 0.4) is 0 Å². The second-order valence-corrected chi connectivity index (χ2v) is 8.24. The van der Waals surface area contributed by atoms with Crippen LogP contribution in [-0.2, 0) is 4.79 Å². The van der Waals surface area contributed by atoms with E-state index in [-0.39, 0.29) is 10.6 Å². The fourth-order valence-electron chi connectivity index (χ4n) is 2.78. The number of halogens is 1. The molecule has 156 valence electrons. The first-order valence-electron chi connectivity index (χ1n) is 10.5. The molecule has 1 unspecified atom stereocenters. The van der Waals surface area contributed by atoms with Crippen molar-refractivity contribution in [2.75, 3.05) is 14.1 Å². The first-order valence-corrected chi connectivity index (χ1v) is 10.8. The summed E-state index contributed by atoms with van der Waals surface area (Å²) in [6, 6.07) is 0. The number of aliphatic carboxylic acids is 1. The maximum Gasteiger partial charge on any atom is 0.330 e. The van der Waals surface area contributed by atoms with Gasteiger partial charge in [-0.3, -0.25) is 4.90 Å². The first kappa shape index (κ1) is 27.7. The Hall–Kier alpha value is -0.540. The Morgan fingerprint density at radius 3 is 1.54 bits per heavy atom. The van der Waals surface area contributed by atoms with Gasteiger partial charge in [-0.2, -0.15) is 0 Å². The van der Waals surface area contributed by atoms with E-state index in [1.54, 1.807) is 0 Å². The van der Waals surface area contributed by atoms with Crippen molar-refractivity contribution in [1.82, 2.24) is 4.90 Å². The number of nitrogens with zero attached hydrogens (tertiary/aromatic N) is 1. The lowest BCUT2D eigenvalue weighted by Gasteiger charge is -2.33. The number of carboxylic acid groups (broad SMARTS) is 1. The highest BCUT2D eigenvalue weighted by atomic mass is 35.5. The summed E-state index contributed by atoms with van der Waals surface area (Å²) < 4.78 is 0. The highest BCUT2D eigenvalue weighted by Gasteiger charge is 2.26.